The highest BCUT2D eigenvalue weighted by Crippen LogP contribution is 2.05. The highest BCUT2D eigenvalue weighted by Gasteiger charge is 2.25. The molecule has 0 saturated carbocycles. The van der Waals surface area contributed by atoms with Crippen molar-refractivity contribution < 1.29 is 14.7 Å². The monoisotopic (exact) mass is 295 g/mol. The van der Waals surface area contributed by atoms with Gasteiger partial charge in [-0.05, 0) is 18.8 Å². The molecule has 0 aliphatic rings. The van der Waals surface area contributed by atoms with Gasteiger partial charge in [0, 0.05) is 19.3 Å². The number of carbonyl (C=O) groups is 2. The smallest absolute Gasteiger partial charge is 0.326 e. The summed E-state index contributed by atoms with van der Waals surface area (Å²) in [5.41, 5.74) is -0.0659. The lowest BCUT2D eigenvalue weighted by atomic mass is 10.0. The third kappa shape index (κ3) is 6.80. The Hall–Kier alpha value is -2.03. The van der Waals surface area contributed by atoms with E-state index >= 15 is 0 Å². The van der Waals surface area contributed by atoms with Crippen molar-refractivity contribution >= 4 is 11.9 Å². The minimum Gasteiger partial charge on any atom is -0.480 e. The number of carboxylic acids is 1. The van der Waals surface area contributed by atoms with Gasteiger partial charge in [0.1, 0.15) is 17.7 Å². The number of hydrogen-bond acceptors (Lipinski definition) is 4. The summed E-state index contributed by atoms with van der Waals surface area (Å²) in [6.45, 7) is 8.94. The maximum atomic E-state index is 12.0. The van der Waals surface area contributed by atoms with Gasteiger partial charge in [-0.25, -0.2) is 4.79 Å². The lowest BCUT2D eigenvalue weighted by Gasteiger charge is -2.20. The molecule has 0 bridgehead atoms. The molecule has 6 nitrogen and oxygen atoms in total. The first-order chi connectivity index (χ1) is 9.87. The average molecular weight is 295 g/mol. The Balaban J connectivity index is 5.04. The van der Waals surface area contributed by atoms with E-state index in [0.717, 1.165) is 25.9 Å². The summed E-state index contributed by atoms with van der Waals surface area (Å²) < 4.78 is 0. The van der Waals surface area contributed by atoms with Gasteiger partial charge in [-0.3, -0.25) is 4.79 Å². The van der Waals surface area contributed by atoms with E-state index in [1.165, 1.54) is 6.20 Å². The third-order valence-electron chi connectivity index (χ3n) is 2.92. The van der Waals surface area contributed by atoms with E-state index in [2.05, 4.69) is 5.32 Å². The maximum Gasteiger partial charge on any atom is 0.326 e. The first-order valence-corrected chi connectivity index (χ1v) is 7.26. The molecule has 0 aliphatic carbocycles. The summed E-state index contributed by atoms with van der Waals surface area (Å²) in [6.07, 6.45) is 3.32. The first-order valence-electron chi connectivity index (χ1n) is 7.26. The van der Waals surface area contributed by atoms with Crippen LogP contribution in [0.3, 0.4) is 0 Å². The molecule has 0 heterocycles. The number of amides is 1. The normalized spacial score (nSPS) is 12.7. The van der Waals surface area contributed by atoms with Crippen LogP contribution in [0.4, 0.5) is 0 Å². The van der Waals surface area contributed by atoms with Crippen molar-refractivity contribution in [3.63, 3.8) is 0 Å². The van der Waals surface area contributed by atoms with Gasteiger partial charge in [0.25, 0.3) is 5.91 Å². The number of nitrogens with zero attached hydrogens (tertiary/aromatic N) is 2. The minimum atomic E-state index is -1.10. The predicted octanol–water partition coefficient (Wildman–Crippen LogP) is 1.74. The molecule has 21 heavy (non-hydrogen) atoms. The van der Waals surface area contributed by atoms with Crippen molar-refractivity contribution in [1.82, 2.24) is 10.2 Å². The molecule has 1 unspecified atom stereocenters. The van der Waals surface area contributed by atoms with E-state index in [0.29, 0.717) is 0 Å². The average Bonchev–Trinajstić information content (AvgIpc) is 2.41. The molecule has 0 aliphatic heterocycles. The second-order valence-electron chi connectivity index (χ2n) is 5.22. The Morgan fingerprint density at radius 2 is 1.81 bits per heavy atom. The fourth-order valence-corrected chi connectivity index (χ4v) is 1.87. The second-order valence-corrected chi connectivity index (χ2v) is 5.22. The molecule has 2 N–H and O–H groups in total. The van der Waals surface area contributed by atoms with Crippen LogP contribution in [0.2, 0.25) is 0 Å². The molecular weight excluding hydrogens is 270 g/mol. The third-order valence-corrected chi connectivity index (χ3v) is 2.92. The van der Waals surface area contributed by atoms with E-state index in [1.807, 2.05) is 24.8 Å². The molecule has 118 valence electrons. The summed E-state index contributed by atoms with van der Waals surface area (Å²) in [4.78, 5) is 25.0. The van der Waals surface area contributed by atoms with Crippen LogP contribution in [0.15, 0.2) is 11.8 Å². The largest absolute Gasteiger partial charge is 0.480 e. The van der Waals surface area contributed by atoms with Crippen molar-refractivity contribution in [3.8, 4) is 6.07 Å². The predicted molar refractivity (Wildman–Crippen MR) is 80.3 cm³/mol. The number of aliphatic carboxylic acids is 1. The Labute approximate surface area is 126 Å². The lowest BCUT2D eigenvalue weighted by Crippen LogP contribution is -2.45. The van der Waals surface area contributed by atoms with E-state index < -0.39 is 17.9 Å². The molecule has 0 fully saturated rings. The Morgan fingerprint density at radius 1 is 1.29 bits per heavy atom. The molecule has 1 atom stereocenters. The Bertz CT molecular complexity index is 418. The number of nitrogens with one attached hydrogen (secondary N) is 1. The van der Waals surface area contributed by atoms with Gasteiger partial charge in [0.05, 0.1) is 0 Å². The van der Waals surface area contributed by atoms with Gasteiger partial charge < -0.3 is 15.3 Å². The summed E-state index contributed by atoms with van der Waals surface area (Å²) in [5, 5.41) is 20.6. The molecule has 6 heteroatoms. The van der Waals surface area contributed by atoms with Gasteiger partial charge in [0.15, 0.2) is 0 Å². The SMILES string of the molecule is CCCN(/C=C(/C#N)C(=O)NC(C(=O)O)C(C)C)CCC. The molecule has 0 spiro atoms. The highest BCUT2D eigenvalue weighted by molar-refractivity contribution is 5.99. The van der Waals surface area contributed by atoms with Gasteiger partial charge in [-0.1, -0.05) is 27.7 Å². The highest BCUT2D eigenvalue weighted by atomic mass is 16.4. The van der Waals surface area contributed by atoms with Crippen molar-refractivity contribution in [2.45, 2.75) is 46.6 Å². The fraction of sp³-hybridized carbons (Fsp3) is 0.667. The van der Waals surface area contributed by atoms with Gasteiger partial charge >= 0.3 is 5.97 Å². The lowest BCUT2D eigenvalue weighted by molar-refractivity contribution is -0.142. The summed E-state index contributed by atoms with van der Waals surface area (Å²) in [5.74, 6) is -2.00. The second kappa shape index (κ2) is 9.81. The fourth-order valence-electron chi connectivity index (χ4n) is 1.87. The quantitative estimate of drug-likeness (QED) is 0.499. The number of carboxylic acid groups (broad SMARTS) is 1. The van der Waals surface area contributed by atoms with E-state index in [1.54, 1.807) is 13.8 Å². The maximum absolute atomic E-state index is 12.0. The standard InChI is InChI=1S/C15H25N3O3/c1-5-7-18(8-6-2)10-12(9-16)14(19)17-13(11(3)4)15(20)21/h10-11,13H,5-8H2,1-4H3,(H,17,19)(H,20,21)/b12-10-. The summed E-state index contributed by atoms with van der Waals surface area (Å²) in [6, 6.07) is 0.847. The zero-order valence-electron chi connectivity index (χ0n) is 13.2. The van der Waals surface area contributed by atoms with Crippen molar-refractivity contribution in [3.05, 3.63) is 11.8 Å². The van der Waals surface area contributed by atoms with Gasteiger partial charge in [-0.2, -0.15) is 5.26 Å². The molecule has 0 aromatic carbocycles. The van der Waals surface area contributed by atoms with E-state index in [9.17, 15) is 9.59 Å². The van der Waals surface area contributed by atoms with Crippen LogP contribution in [0.5, 0.6) is 0 Å². The van der Waals surface area contributed by atoms with Crippen LogP contribution in [0.1, 0.15) is 40.5 Å². The van der Waals surface area contributed by atoms with Crippen molar-refractivity contribution in [2.75, 3.05) is 13.1 Å². The summed E-state index contributed by atoms with van der Waals surface area (Å²) >= 11 is 0. The van der Waals surface area contributed by atoms with Gasteiger partial charge in [-0.15, -0.1) is 0 Å². The number of carbonyl (C=O) groups excluding carboxylic acids is 1. The van der Waals surface area contributed by atoms with Crippen molar-refractivity contribution in [1.29, 1.82) is 5.26 Å². The minimum absolute atomic E-state index is 0.0659. The number of rotatable bonds is 9. The Kier molecular flexibility index (Phi) is 8.86. The zero-order valence-corrected chi connectivity index (χ0v) is 13.2. The van der Waals surface area contributed by atoms with Crippen LogP contribution < -0.4 is 5.32 Å². The van der Waals surface area contributed by atoms with Crippen LogP contribution in [0, 0.1) is 17.2 Å². The number of nitriles is 1. The molecule has 0 saturated heterocycles. The zero-order chi connectivity index (χ0) is 16.4. The van der Waals surface area contributed by atoms with Crippen LogP contribution in [0.25, 0.3) is 0 Å². The molecule has 1 amide bonds. The van der Waals surface area contributed by atoms with Crippen LogP contribution in [-0.2, 0) is 9.59 Å². The molecular formula is C15H25N3O3. The van der Waals surface area contributed by atoms with Crippen LogP contribution in [-0.4, -0.2) is 41.0 Å². The first kappa shape index (κ1) is 19.0. The van der Waals surface area contributed by atoms with Crippen LogP contribution >= 0.6 is 0 Å². The topological polar surface area (TPSA) is 93.4 Å². The van der Waals surface area contributed by atoms with E-state index in [4.69, 9.17) is 10.4 Å². The molecule has 0 rings (SSSR count). The summed E-state index contributed by atoms with van der Waals surface area (Å²) in [7, 11) is 0. The number of hydrogen-bond donors (Lipinski definition) is 2. The molecule has 0 aromatic heterocycles. The Morgan fingerprint density at radius 3 is 2.14 bits per heavy atom. The van der Waals surface area contributed by atoms with Crippen molar-refractivity contribution in [2.24, 2.45) is 5.92 Å². The molecule has 0 aromatic rings. The van der Waals surface area contributed by atoms with Gasteiger partial charge in [0.2, 0.25) is 0 Å². The molecule has 0 radical (unpaired) electrons. The van der Waals surface area contributed by atoms with E-state index in [-0.39, 0.29) is 11.5 Å².